The fraction of sp³-hybridized carbons (Fsp3) is 0.375. The first-order chi connectivity index (χ1) is 14.3. The maximum Gasteiger partial charge on any atom is 0.257 e. The molecule has 1 fully saturated rings. The topological polar surface area (TPSA) is 52.6 Å². The van der Waals surface area contributed by atoms with E-state index in [1.54, 1.807) is 18.2 Å². The highest BCUT2D eigenvalue weighted by Gasteiger charge is 2.43. The van der Waals surface area contributed by atoms with Gasteiger partial charge in [0.15, 0.2) is 0 Å². The van der Waals surface area contributed by atoms with Gasteiger partial charge in [-0.15, -0.1) is 0 Å². The van der Waals surface area contributed by atoms with Crippen LogP contribution in [0.1, 0.15) is 51.9 Å². The van der Waals surface area contributed by atoms with Crippen LogP contribution in [-0.4, -0.2) is 29.0 Å². The van der Waals surface area contributed by atoms with E-state index < -0.39 is 11.6 Å². The number of hydrogen-bond acceptors (Lipinski definition) is 3. The summed E-state index contributed by atoms with van der Waals surface area (Å²) in [5, 5.41) is 12.3. The molecule has 158 valence electrons. The minimum Gasteiger partial charge on any atom is -0.392 e. The normalized spacial score (nSPS) is 17.1. The zero-order valence-electron chi connectivity index (χ0n) is 17.1. The van der Waals surface area contributed by atoms with Gasteiger partial charge in [-0.1, -0.05) is 18.7 Å². The Morgan fingerprint density at radius 1 is 1.23 bits per heavy atom. The van der Waals surface area contributed by atoms with Gasteiger partial charge >= 0.3 is 0 Å². The first kappa shape index (κ1) is 20.5. The Bertz CT molecular complexity index is 1010. The van der Waals surface area contributed by atoms with Crippen molar-refractivity contribution in [2.75, 3.05) is 13.1 Å². The third-order valence-electron chi connectivity index (χ3n) is 6.76. The van der Waals surface area contributed by atoms with Crippen LogP contribution in [0.5, 0.6) is 0 Å². The molecular weight excluding hydrogens is 386 g/mol. The van der Waals surface area contributed by atoms with Gasteiger partial charge in [0.25, 0.3) is 5.91 Å². The van der Waals surface area contributed by atoms with E-state index in [4.69, 9.17) is 0 Å². The average Bonchev–Trinajstić information content (AvgIpc) is 3.06. The molecule has 6 heteroatoms. The molecule has 1 saturated heterocycles. The van der Waals surface area contributed by atoms with Gasteiger partial charge < -0.3 is 15.3 Å². The lowest BCUT2D eigenvalue weighted by molar-refractivity contribution is 0.0940. The Kier molecular flexibility index (Phi) is 5.36. The molecule has 0 atom stereocenters. The van der Waals surface area contributed by atoms with Crippen LogP contribution in [-0.2, 0) is 18.4 Å². The fourth-order valence-electron chi connectivity index (χ4n) is 5.00. The lowest BCUT2D eigenvalue weighted by atomic mass is 9.73. The van der Waals surface area contributed by atoms with Crippen LogP contribution < -0.4 is 5.32 Å². The third kappa shape index (κ3) is 3.49. The molecule has 2 aromatic rings. The highest BCUT2D eigenvalue weighted by Crippen LogP contribution is 2.47. The van der Waals surface area contributed by atoms with Gasteiger partial charge in [-0.3, -0.25) is 4.79 Å². The smallest absolute Gasteiger partial charge is 0.257 e. The summed E-state index contributed by atoms with van der Waals surface area (Å²) < 4.78 is 28.1. The predicted molar refractivity (Wildman–Crippen MR) is 111 cm³/mol. The summed E-state index contributed by atoms with van der Waals surface area (Å²) in [4.78, 5) is 14.7. The van der Waals surface area contributed by atoms with Crippen LogP contribution in [0.4, 0.5) is 8.78 Å². The van der Waals surface area contributed by atoms with Gasteiger partial charge in [0.1, 0.15) is 17.5 Å². The van der Waals surface area contributed by atoms with Crippen molar-refractivity contribution >= 4 is 5.91 Å². The summed E-state index contributed by atoms with van der Waals surface area (Å²) in [7, 11) is 0. The molecule has 2 N–H and O–H groups in total. The molecule has 0 bridgehead atoms. The summed E-state index contributed by atoms with van der Waals surface area (Å²) in [6, 6.07) is 7.70. The van der Waals surface area contributed by atoms with E-state index >= 15 is 0 Å². The SMILES string of the molecule is C=C(NC(=O)c1cccc(CO)c1C)N1CCC2(CCc3cc(F)cc(F)c32)CC1. The molecule has 4 nitrogen and oxygen atoms in total. The van der Waals surface area contributed by atoms with Crippen molar-refractivity contribution in [2.45, 2.75) is 44.6 Å². The number of nitrogens with zero attached hydrogens (tertiary/aromatic N) is 1. The standard InChI is InChI=1S/C24H26F2N2O2/c1-15-18(14-29)4-3-5-20(15)23(30)27-16(2)28-10-8-24(9-11-28)7-6-17-12-19(25)13-21(26)22(17)24/h3-5,12-13,29H,2,6-11,14H2,1H3,(H,27,30). The summed E-state index contributed by atoms with van der Waals surface area (Å²) in [6.45, 7) is 7.00. The summed E-state index contributed by atoms with van der Waals surface area (Å²) in [6.07, 6.45) is 2.98. The molecule has 1 heterocycles. The largest absolute Gasteiger partial charge is 0.392 e. The summed E-state index contributed by atoms with van der Waals surface area (Å²) in [5.74, 6) is -0.707. The Morgan fingerprint density at radius 2 is 1.97 bits per heavy atom. The number of carbonyl (C=O) groups excluding carboxylic acids is 1. The number of carbonyl (C=O) groups is 1. The number of aliphatic hydroxyl groups excluding tert-OH is 1. The van der Waals surface area contributed by atoms with Crippen molar-refractivity contribution in [3.63, 3.8) is 0 Å². The van der Waals surface area contributed by atoms with Crippen molar-refractivity contribution in [1.82, 2.24) is 10.2 Å². The van der Waals surface area contributed by atoms with Gasteiger partial charge in [-0.05, 0) is 67.0 Å². The maximum atomic E-state index is 14.6. The van der Waals surface area contributed by atoms with Gasteiger partial charge in [0.2, 0.25) is 0 Å². The molecule has 4 rings (SSSR count). The fourth-order valence-corrected chi connectivity index (χ4v) is 5.00. The number of benzene rings is 2. The van der Waals surface area contributed by atoms with Gasteiger partial charge in [0.05, 0.1) is 6.61 Å². The van der Waals surface area contributed by atoms with E-state index in [1.165, 1.54) is 6.07 Å². The quantitative estimate of drug-likeness (QED) is 0.800. The minimum absolute atomic E-state index is 0.121. The number of rotatable bonds is 4. The lowest BCUT2D eigenvalue weighted by Crippen LogP contribution is -2.44. The molecule has 0 unspecified atom stereocenters. The molecule has 1 aliphatic heterocycles. The monoisotopic (exact) mass is 412 g/mol. The second-order valence-corrected chi connectivity index (χ2v) is 8.34. The molecule has 1 aliphatic carbocycles. The number of likely N-dealkylation sites (tertiary alicyclic amines) is 1. The first-order valence-corrected chi connectivity index (χ1v) is 10.3. The number of aliphatic hydroxyl groups is 1. The van der Waals surface area contributed by atoms with Crippen LogP contribution in [0, 0.1) is 18.6 Å². The van der Waals surface area contributed by atoms with E-state index in [1.807, 2.05) is 11.8 Å². The molecule has 1 amide bonds. The molecule has 0 saturated carbocycles. The summed E-state index contributed by atoms with van der Waals surface area (Å²) in [5.41, 5.74) is 3.16. The Labute approximate surface area is 175 Å². The van der Waals surface area contributed by atoms with Crippen LogP contribution in [0.3, 0.4) is 0 Å². The minimum atomic E-state index is -0.516. The first-order valence-electron chi connectivity index (χ1n) is 10.3. The second kappa shape index (κ2) is 7.84. The third-order valence-corrected chi connectivity index (χ3v) is 6.76. The van der Waals surface area contributed by atoms with Crippen LogP contribution in [0.2, 0.25) is 0 Å². The average molecular weight is 412 g/mol. The number of fused-ring (bicyclic) bond motifs is 2. The van der Waals surface area contributed by atoms with E-state index in [2.05, 4.69) is 11.9 Å². The summed E-state index contributed by atoms with van der Waals surface area (Å²) >= 11 is 0. The van der Waals surface area contributed by atoms with Gasteiger partial charge in [-0.25, -0.2) is 8.78 Å². The van der Waals surface area contributed by atoms with Crippen LogP contribution in [0.15, 0.2) is 42.7 Å². The van der Waals surface area contributed by atoms with Crippen molar-refractivity contribution in [3.05, 3.63) is 82.2 Å². The zero-order chi connectivity index (χ0) is 21.5. The van der Waals surface area contributed by atoms with Crippen molar-refractivity contribution < 1.29 is 18.7 Å². The highest BCUT2D eigenvalue weighted by atomic mass is 19.1. The molecule has 1 spiro atoms. The number of hydrogen-bond donors (Lipinski definition) is 2. The second-order valence-electron chi connectivity index (χ2n) is 8.34. The van der Waals surface area contributed by atoms with E-state index in [0.717, 1.165) is 36.5 Å². The van der Waals surface area contributed by atoms with Gasteiger partial charge in [-0.2, -0.15) is 0 Å². The number of amides is 1. The van der Waals surface area contributed by atoms with Gasteiger partial charge in [0, 0.05) is 30.1 Å². The van der Waals surface area contributed by atoms with E-state index in [0.29, 0.717) is 42.0 Å². The number of piperidine rings is 1. The number of aryl methyl sites for hydroxylation is 1. The zero-order valence-corrected chi connectivity index (χ0v) is 17.1. The molecular formula is C24H26F2N2O2. The van der Waals surface area contributed by atoms with Crippen molar-refractivity contribution in [1.29, 1.82) is 0 Å². The molecule has 2 aliphatic rings. The number of nitrogens with one attached hydrogen (secondary N) is 1. The molecule has 30 heavy (non-hydrogen) atoms. The van der Waals surface area contributed by atoms with Crippen LogP contribution in [0.25, 0.3) is 0 Å². The maximum absolute atomic E-state index is 14.6. The lowest BCUT2D eigenvalue weighted by Gasteiger charge is -2.41. The molecule has 0 radical (unpaired) electrons. The Hall–Kier alpha value is -2.73. The van der Waals surface area contributed by atoms with Crippen molar-refractivity contribution in [3.8, 4) is 0 Å². The molecule has 0 aromatic heterocycles. The molecule has 2 aromatic carbocycles. The van der Waals surface area contributed by atoms with E-state index in [9.17, 15) is 18.7 Å². The van der Waals surface area contributed by atoms with Crippen LogP contribution >= 0.6 is 0 Å². The van der Waals surface area contributed by atoms with E-state index in [-0.39, 0.29) is 17.9 Å². The Morgan fingerprint density at radius 3 is 2.67 bits per heavy atom. The highest BCUT2D eigenvalue weighted by molar-refractivity contribution is 5.96. The Balaban J connectivity index is 1.43. The number of halogens is 2. The predicted octanol–water partition coefficient (Wildman–Crippen LogP) is 3.95. The van der Waals surface area contributed by atoms with Crippen molar-refractivity contribution in [2.24, 2.45) is 0 Å².